The van der Waals surface area contributed by atoms with Gasteiger partial charge in [0.1, 0.15) is 11.9 Å². The number of carbonyl (C=O) groups excluding carboxylic acids is 1. The molecule has 0 unspecified atom stereocenters. The summed E-state index contributed by atoms with van der Waals surface area (Å²) in [5.41, 5.74) is -0.275. The van der Waals surface area contributed by atoms with Crippen LogP contribution in [0.25, 0.3) is 10.2 Å². The zero-order valence-corrected chi connectivity index (χ0v) is 16.3. The Balaban J connectivity index is 1.28. The SMILES string of the molecule is O=C(CCn1ccc(=O)[nH]c1=O)N1CCC(Oc2nc3ccc(F)cc3s2)CC1. The number of hydrogen-bond acceptors (Lipinski definition) is 6. The number of aromatic amines is 1. The Morgan fingerprint density at radius 2 is 2.07 bits per heavy atom. The molecule has 0 spiro atoms. The number of ether oxygens (including phenoxy) is 1. The minimum atomic E-state index is -0.520. The molecule has 29 heavy (non-hydrogen) atoms. The molecule has 0 bridgehead atoms. The molecule has 2 aromatic heterocycles. The van der Waals surface area contributed by atoms with Crippen molar-refractivity contribution in [2.75, 3.05) is 13.1 Å². The number of amides is 1. The van der Waals surface area contributed by atoms with Crippen molar-refractivity contribution in [3.63, 3.8) is 0 Å². The van der Waals surface area contributed by atoms with Crippen molar-refractivity contribution >= 4 is 27.5 Å². The first-order valence-corrected chi connectivity index (χ1v) is 10.1. The first-order valence-electron chi connectivity index (χ1n) is 9.28. The van der Waals surface area contributed by atoms with Gasteiger partial charge in [-0.05, 0) is 18.2 Å². The van der Waals surface area contributed by atoms with E-state index in [-0.39, 0.29) is 30.8 Å². The maximum atomic E-state index is 13.3. The Morgan fingerprint density at radius 3 is 2.83 bits per heavy atom. The molecular formula is C19H19FN4O4S. The van der Waals surface area contributed by atoms with Crippen LogP contribution >= 0.6 is 11.3 Å². The lowest BCUT2D eigenvalue weighted by Gasteiger charge is -2.31. The predicted molar refractivity (Wildman–Crippen MR) is 106 cm³/mol. The van der Waals surface area contributed by atoms with E-state index in [9.17, 15) is 18.8 Å². The number of nitrogens with zero attached hydrogens (tertiary/aromatic N) is 3. The Bertz CT molecular complexity index is 1150. The third-order valence-corrected chi connectivity index (χ3v) is 5.77. The first kappa shape index (κ1) is 19.3. The fraction of sp³-hybridized carbons (Fsp3) is 0.368. The van der Waals surface area contributed by atoms with E-state index in [2.05, 4.69) is 9.97 Å². The largest absolute Gasteiger partial charge is 0.467 e. The standard InChI is InChI=1S/C19H19FN4O4S/c20-12-1-2-14-15(11-12)29-19(21-14)28-13-3-7-23(8-4-13)17(26)6-10-24-9-5-16(25)22-18(24)27/h1-2,5,9,11,13H,3-4,6-8,10H2,(H,22,25,27). The third kappa shape index (κ3) is 4.53. The molecule has 1 saturated heterocycles. The van der Waals surface area contributed by atoms with Gasteiger partial charge in [-0.2, -0.15) is 0 Å². The van der Waals surface area contributed by atoms with E-state index in [1.807, 2.05) is 0 Å². The highest BCUT2D eigenvalue weighted by atomic mass is 32.1. The molecule has 10 heteroatoms. The summed E-state index contributed by atoms with van der Waals surface area (Å²) >= 11 is 1.31. The number of hydrogen-bond donors (Lipinski definition) is 1. The molecule has 3 aromatic rings. The third-order valence-electron chi connectivity index (χ3n) is 4.86. The Morgan fingerprint density at radius 1 is 1.28 bits per heavy atom. The number of nitrogens with one attached hydrogen (secondary N) is 1. The van der Waals surface area contributed by atoms with Crippen LogP contribution in [0.3, 0.4) is 0 Å². The number of aryl methyl sites for hydroxylation is 1. The average molecular weight is 418 g/mol. The van der Waals surface area contributed by atoms with E-state index in [0.717, 1.165) is 4.70 Å². The smallest absolute Gasteiger partial charge is 0.328 e. The molecule has 1 aromatic carbocycles. The van der Waals surface area contributed by atoms with Gasteiger partial charge in [0, 0.05) is 51.2 Å². The van der Waals surface area contributed by atoms with E-state index in [4.69, 9.17) is 4.74 Å². The number of rotatable bonds is 5. The van der Waals surface area contributed by atoms with Gasteiger partial charge in [-0.25, -0.2) is 14.2 Å². The van der Waals surface area contributed by atoms with Crippen LogP contribution in [0, 0.1) is 5.82 Å². The molecule has 1 aliphatic heterocycles. The van der Waals surface area contributed by atoms with Crippen LogP contribution in [-0.4, -0.2) is 44.5 Å². The van der Waals surface area contributed by atoms with E-state index in [1.165, 1.54) is 40.3 Å². The van der Waals surface area contributed by atoms with Crippen molar-refractivity contribution in [2.45, 2.75) is 31.9 Å². The average Bonchev–Trinajstić information content (AvgIpc) is 3.09. The quantitative estimate of drug-likeness (QED) is 0.681. The zero-order chi connectivity index (χ0) is 20.4. The lowest BCUT2D eigenvalue weighted by molar-refractivity contribution is -0.133. The fourth-order valence-corrected chi connectivity index (χ4v) is 4.19. The molecule has 0 saturated carbocycles. The summed E-state index contributed by atoms with van der Waals surface area (Å²) in [5.74, 6) is -0.347. The first-order chi connectivity index (χ1) is 14.0. The van der Waals surface area contributed by atoms with Gasteiger partial charge >= 0.3 is 5.69 Å². The number of benzene rings is 1. The van der Waals surface area contributed by atoms with E-state index >= 15 is 0 Å². The zero-order valence-electron chi connectivity index (χ0n) is 15.5. The maximum Gasteiger partial charge on any atom is 0.328 e. The number of fused-ring (bicyclic) bond motifs is 1. The van der Waals surface area contributed by atoms with Crippen molar-refractivity contribution in [3.05, 3.63) is 57.1 Å². The lowest BCUT2D eigenvalue weighted by atomic mass is 10.1. The number of aromatic nitrogens is 3. The van der Waals surface area contributed by atoms with Crippen LogP contribution < -0.4 is 16.0 Å². The van der Waals surface area contributed by atoms with Gasteiger partial charge in [0.15, 0.2) is 0 Å². The summed E-state index contributed by atoms with van der Waals surface area (Å²) in [7, 11) is 0. The number of piperidine rings is 1. The second-order valence-corrected chi connectivity index (χ2v) is 7.84. The number of halogens is 1. The molecular weight excluding hydrogens is 399 g/mol. The summed E-state index contributed by atoms with van der Waals surface area (Å²) in [5, 5.41) is 0.507. The second kappa shape index (κ2) is 8.16. The van der Waals surface area contributed by atoms with Crippen LogP contribution in [0.5, 0.6) is 5.19 Å². The summed E-state index contributed by atoms with van der Waals surface area (Å²) < 4.78 is 21.3. The monoisotopic (exact) mass is 418 g/mol. The number of carbonyl (C=O) groups is 1. The number of H-pyrrole nitrogens is 1. The van der Waals surface area contributed by atoms with Gasteiger partial charge in [-0.15, -0.1) is 0 Å². The molecule has 0 aliphatic carbocycles. The molecule has 1 amide bonds. The van der Waals surface area contributed by atoms with Crippen LogP contribution in [0.1, 0.15) is 19.3 Å². The van der Waals surface area contributed by atoms with Gasteiger partial charge in [-0.3, -0.25) is 14.6 Å². The van der Waals surface area contributed by atoms with Crippen molar-refractivity contribution in [3.8, 4) is 5.19 Å². The van der Waals surface area contributed by atoms with Gasteiger partial charge in [0.2, 0.25) is 5.91 Å². The minimum absolute atomic E-state index is 0.0444. The Kier molecular flexibility index (Phi) is 5.43. The molecule has 1 N–H and O–H groups in total. The maximum absolute atomic E-state index is 13.3. The van der Waals surface area contributed by atoms with E-state index in [0.29, 0.717) is 36.6 Å². The van der Waals surface area contributed by atoms with Gasteiger partial charge in [-0.1, -0.05) is 11.3 Å². The lowest BCUT2D eigenvalue weighted by Crippen LogP contribution is -2.42. The summed E-state index contributed by atoms with van der Waals surface area (Å²) in [4.78, 5) is 43.5. The second-order valence-electron chi connectivity index (χ2n) is 6.84. The van der Waals surface area contributed by atoms with Crippen LogP contribution in [0.15, 0.2) is 40.1 Å². The minimum Gasteiger partial charge on any atom is -0.467 e. The van der Waals surface area contributed by atoms with Crippen LogP contribution in [0.4, 0.5) is 4.39 Å². The molecule has 3 heterocycles. The van der Waals surface area contributed by atoms with Crippen molar-refractivity contribution in [1.82, 2.24) is 19.4 Å². The van der Waals surface area contributed by atoms with E-state index in [1.54, 1.807) is 11.0 Å². The molecule has 1 aliphatic rings. The molecule has 152 valence electrons. The van der Waals surface area contributed by atoms with Gasteiger partial charge < -0.3 is 14.2 Å². The molecule has 0 atom stereocenters. The highest BCUT2D eigenvalue weighted by molar-refractivity contribution is 7.20. The van der Waals surface area contributed by atoms with Crippen molar-refractivity contribution in [1.29, 1.82) is 0 Å². The topological polar surface area (TPSA) is 97.3 Å². The Hall–Kier alpha value is -3.01. The van der Waals surface area contributed by atoms with Crippen LogP contribution in [-0.2, 0) is 11.3 Å². The molecule has 1 fully saturated rings. The fourth-order valence-electron chi connectivity index (χ4n) is 3.29. The van der Waals surface area contributed by atoms with Crippen molar-refractivity contribution in [2.24, 2.45) is 0 Å². The predicted octanol–water partition coefficient (Wildman–Crippen LogP) is 1.75. The van der Waals surface area contributed by atoms with Crippen LogP contribution in [0.2, 0.25) is 0 Å². The number of likely N-dealkylation sites (tertiary alicyclic amines) is 1. The molecule has 0 radical (unpaired) electrons. The van der Waals surface area contributed by atoms with Crippen molar-refractivity contribution < 1.29 is 13.9 Å². The Labute approximate surface area is 168 Å². The summed E-state index contributed by atoms with van der Waals surface area (Å²) in [6.45, 7) is 1.33. The molecule has 8 nitrogen and oxygen atoms in total. The highest BCUT2D eigenvalue weighted by Gasteiger charge is 2.24. The normalized spacial score (nSPS) is 15.0. The van der Waals surface area contributed by atoms with Gasteiger partial charge in [0.25, 0.3) is 10.8 Å². The summed E-state index contributed by atoms with van der Waals surface area (Å²) in [6, 6.07) is 5.69. The highest BCUT2D eigenvalue weighted by Crippen LogP contribution is 2.30. The van der Waals surface area contributed by atoms with Gasteiger partial charge in [0.05, 0.1) is 10.2 Å². The summed E-state index contributed by atoms with van der Waals surface area (Å²) in [6.07, 6.45) is 2.87. The molecule has 4 rings (SSSR count). The number of thiazole rings is 1. The van der Waals surface area contributed by atoms with E-state index < -0.39 is 11.2 Å².